The Bertz CT molecular complexity index is 645. The Kier molecular flexibility index (Phi) is 8.13. The second-order valence-corrected chi connectivity index (χ2v) is 7.81. The van der Waals surface area contributed by atoms with Crippen molar-refractivity contribution in [2.75, 3.05) is 6.61 Å². The van der Waals surface area contributed by atoms with Crippen LogP contribution in [-0.2, 0) is 0 Å². The Labute approximate surface area is 164 Å². The summed E-state index contributed by atoms with van der Waals surface area (Å²) in [6.45, 7) is 3.06. The standard InChI is InChI=1S/C24H34N2O/c1-2-3-4-5-6-10-17-27-23-15-13-20(14-16-23)22-18-25-24(26-19-22)21-11-8-7-9-12-21/h13-16,18-19,21H,2-12,17H2,1H3. The first-order valence-electron chi connectivity index (χ1n) is 10.9. The predicted octanol–water partition coefficient (Wildman–Crippen LogP) is 6.93. The van der Waals surface area contributed by atoms with Gasteiger partial charge in [0.2, 0.25) is 0 Å². The fourth-order valence-corrected chi connectivity index (χ4v) is 3.87. The summed E-state index contributed by atoms with van der Waals surface area (Å²) in [5, 5.41) is 0. The topological polar surface area (TPSA) is 35.0 Å². The van der Waals surface area contributed by atoms with Gasteiger partial charge in [-0.05, 0) is 37.0 Å². The zero-order valence-electron chi connectivity index (χ0n) is 16.8. The minimum atomic E-state index is 0.561. The lowest BCUT2D eigenvalue weighted by atomic mass is 9.88. The van der Waals surface area contributed by atoms with Gasteiger partial charge >= 0.3 is 0 Å². The van der Waals surface area contributed by atoms with Crippen molar-refractivity contribution in [2.45, 2.75) is 83.5 Å². The molecule has 1 saturated carbocycles. The number of aromatic nitrogens is 2. The van der Waals surface area contributed by atoms with E-state index in [0.29, 0.717) is 5.92 Å². The van der Waals surface area contributed by atoms with Gasteiger partial charge in [0.1, 0.15) is 11.6 Å². The van der Waals surface area contributed by atoms with Gasteiger partial charge in [0.15, 0.2) is 0 Å². The molecule has 1 aliphatic rings. The summed E-state index contributed by atoms with van der Waals surface area (Å²) in [6.07, 6.45) is 18.2. The average molecular weight is 367 g/mol. The number of nitrogens with zero attached hydrogens (tertiary/aromatic N) is 2. The summed E-state index contributed by atoms with van der Waals surface area (Å²) in [4.78, 5) is 9.30. The zero-order chi connectivity index (χ0) is 18.7. The molecular weight excluding hydrogens is 332 g/mol. The summed E-state index contributed by atoms with van der Waals surface area (Å²) >= 11 is 0. The zero-order valence-corrected chi connectivity index (χ0v) is 16.8. The van der Waals surface area contributed by atoms with Crippen LogP contribution in [0.4, 0.5) is 0 Å². The number of benzene rings is 1. The Morgan fingerprint density at radius 2 is 1.48 bits per heavy atom. The normalized spacial score (nSPS) is 15.0. The van der Waals surface area contributed by atoms with Crippen molar-refractivity contribution in [2.24, 2.45) is 0 Å². The molecule has 3 heteroatoms. The van der Waals surface area contributed by atoms with Crippen molar-refractivity contribution in [1.29, 1.82) is 0 Å². The first-order chi connectivity index (χ1) is 13.4. The molecule has 0 saturated heterocycles. The Morgan fingerprint density at radius 3 is 2.19 bits per heavy atom. The van der Waals surface area contributed by atoms with Crippen LogP contribution in [0.5, 0.6) is 5.75 Å². The van der Waals surface area contributed by atoms with Crippen LogP contribution in [0.15, 0.2) is 36.7 Å². The highest BCUT2D eigenvalue weighted by Crippen LogP contribution is 2.31. The van der Waals surface area contributed by atoms with Gasteiger partial charge in [-0.3, -0.25) is 0 Å². The van der Waals surface area contributed by atoms with E-state index in [9.17, 15) is 0 Å². The second-order valence-electron chi connectivity index (χ2n) is 7.81. The number of unbranched alkanes of at least 4 members (excludes halogenated alkanes) is 5. The quantitative estimate of drug-likeness (QED) is 0.428. The molecule has 1 heterocycles. The van der Waals surface area contributed by atoms with Gasteiger partial charge in [-0.1, -0.05) is 70.4 Å². The highest BCUT2D eigenvalue weighted by atomic mass is 16.5. The van der Waals surface area contributed by atoms with Crippen molar-refractivity contribution in [3.05, 3.63) is 42.5 Å². The molecule has 0 unspecified atom stereocenters. The first kappa shape index (κ1) is 19.9. The SMILES string of the molecule is CCCCCCCCOc1ccc(-c2cnc(C3CCCCC3)nc2)cc1. The Hall–Kier alpha value is -1.90. The smallest absolute Gasteiger partial charge is 0.131 e. The summed E-state index contributed by atoms with van der Waals surface area (Å²) in [5.41, 5.74) is 2.23. The molecule has 1 aliphatic carbocycles. The monoisotopic (exact) mass is 366 g/mol. The molecule has 0 aliphatic heterocycles. The van der Waals surface area contributed by atoms with Gasteiger partial charge in [0, 0.05) is 23.9 Å². The van der Waals surface area contributed by atoms with Crippen LogP contribution in [-0.4, -0.2) is 16.6 Å². The molecule has 3 nitrogen and oxygen atoms in total. The molecule has 0 radical (unpaired) electrons. The van der Waals surface area contributed by atoms with Gasteiger partial charge in [-0.25, -0.2) is 9.97 Å². The minimum Gasteiger partial charge on any atom is -0.494 e. The van der Waals surface area contributed by atoms with E-state index in [1.54, 1.807) is 0 Å². The van der Waals surface area contributed by atoms with E-state index in [1.165, 1.54) is 64.2 Å². The van der Waals surface area contributed by atoms with Crippen molar-refractivity contribution in [3.8, 4) is 16.9 Å². The van der Waals surface area contributed by atoms with Crippen molar-refractivity contribution in [1.82, 2.24) is 9.97 Å². The van der Waals surface area contributed by atoms with Crippen molar-refractivity contribution >= 4 is 0 Å². The van der Waals surface area contributed by atoms with Crippen LogP contribution < -0.4 is 4.74 Å². The number of hydrogen-bond acceptors (Lipinski definition) is 3. The number of ether oxygens (including phenoxy) is 1. The van der Waals surface area contributed by atoms with Gasteiger partial charge in [-0.2, -0.15) is 0 Å². The van der Waals surface area contributed by atoms with E-state index >= 15 is 0 Å². The fraction of sp³-hybridized carbons (Fsp3) is 0.583. The maximum absolute atomic E-state index is 5.87. The predicted molar refractivity (Wildman–Crippen MR) is 112 cm³/mol. The molecule has 146 valence electrons. The number of rotatable bonds is 10. The maximum Gasteiger partial charge on any atom is 0.131 e. The molecule has 1 fully saturated rings. The third-order valence-electron chi connectivity index (χ3n) is 5.60. The van der Waals surface area contributed by atoms with E-state index in [1.807, 2.05) is 12.4 Å². The highest BCUT2D eigenvalue weighted by Gasteiger charge is 2.17. The molecule has 0 atom stereocenters. The summed E-state index contributed by atoms with van der Waals surface area (Å²) in [7, 11) is 0. The molecule has 0 N–H and O–H groups in total. The molecule has 27 heavy (non-hydrogen) atoms. The second kappa shape index (κ2) is 11.1. The summed E-state index contributed by atoms with van der Waals surface area (Å²) < 4.78 is 5.87. The fourth-order valence-electron chi connectivity index (χ4n) is 3.87. The van der Waals surface area contributed by atoms with Crippen LogP contribution in [0, 0.1) is 0 Å². The molecule has 0 amide bonds. The van der Waals surface area contributed by atoms with Gasteiger partial charge < -0.3 is 4.74 Å². The van der Waals surface area contributed by atoms with Crippen LogP contribution in [0.25, 0.3) is 11.1 Å². The third-order valence-corrected chi connectivity index (χ3v) is 5.60. The van der Waals surface area contributed by atoms with E-state index in [2.05, 4.69) is 41.2 Å². The highest BCUT2D eigenvalue weighted by molar-refractivity contribution is 5.62. The molecule has 3 rings (SSSR count). The Balaban J connectivity index is 1.45. The van der Waals surface area contributed by atoms with Crippen molar-refractivity contribution < 1.29 is 4.74 Å². The summed E-state index contributed by atoms with van der Waals surface area (Å²) in [5.74, 6) is 2.54. The molecule has 2 aromatic rings. The molecule has 1 aromatic carbocycles. The van der Waals surface area contributed by atoms with E-state index in [4.69, 9.17) is 4.74 Å². The maximum atomic E-state index is 5.87. The van der Waals surface area contributed by atoms with Gasteiger partial charge in [0.25, 0.3) is 0 Å². The lowest BCUT2D eigenvalue weighted by Gasteiger charge is -2.20. The Morgan fingerprint density at radius 1 is 0.815 bits per heavy atom. The molecule has 0 bridgehead atoms. The van der Waals surface area contributed by atoms with Crippen LogP contribution in [0.2, 0.25) is 0 Å². The summed E-state index contributed by atoms with van der Waals surface area (Å²) in [6, 6.07) is 8.33. The first-order valence-corrected chi connectivity index (χ1v) is 10.9. The van der Waals surface area contributed by atoms with E-state index in [-0.39, 0.29) is 0 Å². The molecule has 0 spiro atoms. The lowest BCUT2D eigenvalue weighted by molar-refractivity contribution is 0.304. The van der Waals surface area contributed by atoms with Crippen molar-refractivity contribution in [3.63, 3.8) is 0 Å². The van der Waals surface area contributed by atoms with Crippen LogP contribution in [0.3, 0.4) is 0 Å². The lowest BCUT2D eigenvalue weighted by Crippen LogP contribution is -2.08. The van der Waals surface area contributed by atoms with Crippen LogP contribution in [0.1, 0.15) is 89.3 Å². The van der Waals surface area contributed by atoms with Crippen LogP contribution >= 0.6 is 0 Å². The minimum absolute atomic E-state index is 0.561. The number of hydrogen-bond donors (Lipinski definition) is 0. The van der Waals surface area contributed by atoms with Gasteiger partial charge in [0.05, 0.1) is 6.61 Å². The van der Waals surface area contributed by atoms with Gasteiger partial charge in [-0.15, -0.1) is 0 Å². The van der Waals surface area contributed by atoms with E-state index < -0.39 is 0 Å². The largest absolute Gasteiger partial charge is 0.494 e. The third kappa shape index (κ3) is 6.34. The van der Waals surface area contributed by atoms with E-state index in [0.717, 1.165) is 35.7 Å². The average Bonchev–Trinajstić information content (AvgIpc) is 2.74. The molecule has 1 aromatic heterocycles. The molecular formula is C24H34N2O.